The summed E-state index contributed by atoms with van der Waals surface area (Å²) in [4.78, 5) is 6.37. The number of hydrogen-bond acceptors (Lipinski definition) is 10. The summed E-state index contributed by atoms with van der Waals surface area (Å²) in [5, 5.41) is 9.87. The van der Waals surface area contributed by atoms with E-state index < -0.39 is 0 Å². The minimum Gasteiger partial charge on any atom is -0.491 e. The first-order chi connectivity index (χ1) is 21.0. The van der Waals surface area contributed by atoms with Crippen molar-refractivity contribution < 1.29 is 20.9 Å². The summed E-state index contributed by atoms with van der Waals surface area (Å²) in [6, 6.07) is 8.01. The van der Waals surface area contributed by atoms with E-state index in [4.69, 9.17) is 25.9 Å². The summed E-state index contributed by atoms with van der Waals surface area (Å²) in [6.07, 6.45) is 0.811. The lowest BCUT2D eigenvalue weighted by molar-refractivity contribution is 0.0335. The second kappa shape index (κ2) is 22.9. The average molecular weight is 749 g/mol. The summed E-state index contributed by atoms with van der Waals surface area (Å²) in [6.45, 7) is 23.6. The van der Waals surface area contributed by atoms with Crippen molar-refractivity contribution in [1.82, 2.24) is 14.8 Å². The maximum Gasteiger partial charge on any atom is 0.169 e. The van der Waals surface area contributed by atoms with Crippen LogP contribution in [0.15, 0.2) is 29.3 Å². The SMILES string of the molecule is CC.CC.CC.Cc1sc2c(c1C)C(c1ccc(OCCOCCOCCCOSOI)cc1)=NC(C)c1nnc(C)n1-2. The molecule has 0 fully saturated rings. The molecule has 0 spiro atoms. The van der Waals surface area contributed by atoms with Crippen molar-refractivity contribution in [3.63, 3.8) is 0 Å². The Balaban J connectivity index is 0.00000145. The van der Waals surface area contributed by atoms with Crippen LogP contribution in [0, 0.1) is 20.8 Å². The van der Waals surface area contributed by atoms with E-state index in [0.29, 0.717) is 39.6 Å². The standard InChI is InChI=1S/C25H31IN4O5S2.3C2H6/c1-16-18(3)36-25-22(16)23(27-17(2)24-29-28-19(4)30(24)25)20-6-8-21(9-7-20)33-15-14-32-13-12-31-10-5-11-34-37-35-26;3*1-2/h6-9,17H,5,10-15H2,1-4H3;3*1-2H3. The Bertz CT molecular complexity index is 1200. The van der Waals surface area contributed by atoms with Gasteiger partial charge in [-0.2, -0.15) is 0 Å². The Hall–Kier alpha value is -1.55. The summed E-state index contributed by atoms with van der Waals surface area (Å²) in [5.74, 6) is 2.55. The molecule has 1 aromatic carbocycles. The van der Waals surface area contributed by atoms with Gasteiger partial charge in [0.25, 0.3) is 0 Å². The third-order valence-electron chi connectivity index (χ3n) is 5.94. The van der Waals surface area contributed by atoms with E-state index in [1.807, 2.05) is 60.6 Å². The molecule has 0 N–H and O–H groups in total. The lowest BCUT2D eigenvalue weighted by Crippen LogP contribution is -2.11. The quantitative estimate of drug-likeness (QED) is 0.0918. The Morgan fingerprint density at radius 1 is 0.860 bits per heavy atom. The molecule has 3 aromatic rings. The Labute approximate surface area is 281 Å². The highest BCUT2D eigenvalue weighted by molar-refractivity contribution is 14.1. The van der Waals surface area contributed by atoms with Crippen molar-refractivity contribution in [1.29, 1.82) is 0 Å². The number of aliphatic imine (C=N–C) groups is 1. The van der Waals surface area contributed by atoms with Crippen molar-refractivity contribution in [3.8, 4) is 10.8 Å². The number of thiophene rings is 1. The fourth-order valence-corrected chi connectivity index (χ4v) is 5.75. The van der Waals surface area contributed by atoms with E-state index in [1.165, 1.54) is 10.4 Å². The molecule has 242 valence electrons. The number of ether oxygens (including phenoxy) is 3. The van der Waals surface area contributed by atoms with Gasteiger partial charge in [-0.05, 0) is 63.9 Å². The van der Waals surface area contributed by atoms with Crippen molar-refractivity contribution in [2.75, 3.05) is 39.6 Å². The maximum atomic E-state index is 5.87. The number of aromatic nitrogens is 3. The molecule has 4 rings (SSSR count). The fourth-order valence-electron chi connectivity index (χ4n) is 4.00. The Morgan fingerprint density at radius 2 is 1.49 bits per heavy atom. The van der Waals surface area contributed by atoms with Gasteiger partial charge in [0, 0.05) is 22.6 Å². The van der Waals surface area contributed by atoms with Crippen LogP contribution in [0.4, 0.5) is 0 Å². The molecule has 1 aliphatic rings. The van der Waals surface area contributed by atoms with Crippen LogP contribution >= 0.6 is 46.7 Å². The predicted molar refractivity (Wildman–Crippen MR) is 188 cm³/mol. The van der Waals surface area contributed by atoms with Crippen LogP contribution in [0.25, 0.3) is 5.00 Å². The zero-order valence-electron chi connectivity index (χ0n) is 27.4. The van der Waals surface area contributed by atoms with E-state index in [9.17, 15) is 0 Å². The molecule has 43 heavy (non-hydrogen) atoms. The highest BCUT2D eigenvalue weighted by Gasteiger charge is 2.29. The van der Waals surface area contributed by atoms with Crippen molar-refractivity contribution >= 4 is 52.4 Å². The van der Waals surface area contributed by atoms with Gasteiger partial charge in [-0.15, -0.1) is 21.5 Å². The molecule has 0 saturated carbocycles. The lowest BCUT2D eigenvalue weighted by atomic mass is 9.99. The summed E-state index contributed by atoms with van der Waals surface area (Å²) < 4.78 is 29.0. The van der Waals surface area contributed by atoms with Crippen molar-refractivity contribution in [2.45, 2.75) is 81.7 Å². The van der Waals surface area contributed by atoms with Crippen LogP contribution in [-0.4, -0.2) is 60.1 Å². The predicted octanol–water partition coefficient (Wildman–Crippen LogP) is 8.99. The van der Waals surface area contributed by atoms with Gasteiger partial charge < -0.3 is 14.2 Å². The molecule has 12 heteroatoms. The average Bonchev–Trinajstić information content (AvgIpc) is 3.53. The van der Waals surface area contributed by atoms with Gasteiger partial charge in [0.15, 0.2) is 18.1 Å². The van der Waals surface area contributed by atoms with Crippen molar-refractivity contribution in [2.24, 2.45) is 4.99 Å². The highest BCUT2D eigenvalue weighted by atomic mass is 127. The molecule has 0 bridgehead atoms. The minimum absolute atomic E-state index is 0.102. The molecule has 9 nitrogen and oxygen atoms in total. The number of benzene rings is 1. The Kier molecular flexibility index (Phi) is 21.0. The monoisotopic (exact) mass is 748 g/mol. The van der Waals surface area contributed by atoms with Gasteiger partial charge in [0.05, 0.1) is 32.1 Å². The van der Waals surface area contributed by atoms with Crippen molar-refractivity contribution in [3.05, 3.63) is 57.5 Å². The van der Waals surface area contributed by atoms with Crippen LogP contribution in [0.5, 0.6) is 5.75 Å². The molecule has 0 saturated heterocycles. The maximum absolute atomic E-state index is 5.87. The normalized spacial score (nSPS) is 13.1. The zero-order valence-corrected chi connectivity index (χ0v) is 31.2. The third kappa shape index (κ3) is 11.7. The topological polar surface area (TPSA) is 89.2 Å². The number of nitrogens with zero attached hydrogens (tertiary/aromatic N) is 4. The van der Waals surface area contributed by atoms with E-state index >= 15 is 0 Å². The summed E-state index contributed by atoms with van der Waals surface area (Å²) in [5.41, 5.74) is 4.43. The van der Waals surface area contributed by atoms with E-state index in [1.54, 1.807) is 34.3 Å². The van der Waals surface area contributed by atoms with Crippen LogP contribution in [0.1, 0.15) is 94.1 Å². The first-order valence-corrected chi connectivity index (χ1v) is 17.4. The van der Waals surface area contributed by atoms with Gasteiger partial charge in [0.2, 0.25) is 0 Å². The zero-order chi connectivity index (χ0) is 32.2. The second-order valence-electron chi connectivity index (χ2n) is 8.46. The van der Waals surface area contributed by atoms with E-state index in [-0.39, 0.29) is 6.04 Å². The first-order valence-electron chi connectivity index (χ1n) is 15.1. The molecule has 0 radical (unpaired) electrons. The number of halogens is 1. The highest BCUT2D eigenvalue weighted by Crippen LogP contribution is 2.38. The van der Waals surface area contributed by atoms with Gasteiger partial charge in [-0.25, -0.2) is 2.51 Å². The lowest BCUT2D eigenvalue weighted by Gasteiger charge is -2.11. The van der Waals surface area contributed by atoms with Crippen LogP contribution in [0.2, 0.25) is 0 Å². The number of aryl methyl sites for hydroxylation is 2. The van der Waals surface area contributed by atoms with Crippen LogP contribution in [-0.2, 0) is 16.2 Å². The summed E-state index contributed by atoms with van der Waals surface area (Å²) in [7, 11) is 0. The smallest absolute Gasteiger partial charge is 0.169 e. The molecule has 1 unspecified atom stereocenters. The van der Waals surface area contributed by atoms with Crippen LogP contribution in [0.3, 0.4) is 0 Å². The van der Waals surface area contributed by atoms with Gasteiger partial charge >= 0.3 is 0 Å². The number of hydrogen-bond donors (Lipinski definition) is 0. The van der Waals surface area contributed by atoms with E-state index in [0.717, 1.165) is 58.0 Å². The largest absolute Gasteiger partial charge is 0.491 e. The molecular weight excluding hydrogens is 699 g/mol. The molecule has 1 atom stereocenters. The van der Waals surface area contributed by atoms with Gasteiger partial charge in [0.1, 0.15) is 52.2 Å². The van der Waals surface area contributed by atoms with Gasteiger partial charge in [-0.1, -0.05) is 41.5 Å². The third-order valence-corrected chi connectivity index (χ3v) is 7.89. The molecule has 2 aromatic heterocycles. The molecule has 1 aliphatic heterocycles. The molecule has 3 heterocycles. The number of fused-ring (bicyclic) bond motifs is 3. The Morgan fingerprint density at radius 3 is 2.14 bits per heavy atom. The van der Waals surface area contributed by atoms with Gasteiger partial charge in [-0.3, -0.25) is 13.7 Å². The molecular formula is C31H49IN4O5S2. The molecule has 0 aliphatic carbocycles. The first kappa shape index (κ1) is 39.5. The summed E-state index contributed by atoms with van der Waals surface area (Å²) >= 11 is 4.50. The van der Waals surface area contributed by atoms with Crippen LogP contribution < -0.4 is 4.74 Å². The number of rotatable bonds is 14. The fraction of sp³-hybridized carbons (Fsp3) is 0.581. The minimum atomic E-state index is -0.102. The molecule has 0 amide bonds. The second-order valence-corrected chi connectivity index (χ2v) is 11.2. The van der Waals surface area contributed by atoms with E-state index in [2.05, 4.69) is 47.7 Å².